The molecule has 0 amide bonds. The molecule has 0 saturated heterocycles. The molecule has 5 N–H and O–H groups in total. The molecule has 0 aliphatic carbocycles. The van der Waals surface area contributed by atoms with Crippen molar-refractivity contribution < 1.29 is 19.4 Å². The number of carbonyl (C=O) groups is 1. The fraction of sp³-hybridized carbons (Fsp3) is 0.381. The lowest BCUT2D eigenvalue weighted by atomic mass is 9.77. The number of halogens is 2. The van der Waals surface area contributed by atoms with E-state index < -0.39 is 17.3 Å². The molecule has 0 fully saturated rings. The molecule has 0 spiro atoms. The van der Waals surface area contributed by atoms with Gasteiger partial charge in [0.15, 0.2) is 5.65 Å². The highest BCUT2D eigenvalue weighted by Gasteiger charge is 2.40. The number of benzene rings is 1. The maximum Gasteiger partial charge on any atom is 0.323 e. The van der Waals surface area contributed by atoms with Gasteiger partial charge in [0.25, 0.3) is 6.01 Å². The summed E-state index contributed by atoms with van der Waals surface area (Å²) < 4.78 is 13.4. The summed E-state index contributed by atoms with van der Waals surface area (Å²) in [5.41, 5.74) is 6.97. The van der Waals surface area contributed by atoms with Gasteiger partial charge in [-0.2, -0.15) is 4.98 Å². The van der Waals surface area contributed by atoms with Gasteiger partial charge >= 0.3 is 5.97 Å². The van der Waals surface area contributed by atoms with Gasteiger partial charge in [0.05, 0.1) is 16.2 Å². The minimum absolute atomic E-state index is 0.119. The highest BCUT2D eigenvalue weighted by Crippen LogP contribution is 2.42. The second-order valence-electron chi connectivity index (χ2n) is 7.76. The van der Waals surface area contributed by atoms with Crippen molar-refractivity contribution in [2.45, 2.75) is 45.1 Å². The van der Waals surface area contributed by atoms with E-state index in [2.05, 4.69) is 15.0 Å². The second-order valence-corrected chi connectivity index (χ2v) is 8.14. The quantitative estimate of drug-likeness (QED) is 0.435. The van der Waals surface area contributed by atoms with Crippen LogP contribution in [0.25, 0.3) is 22.3 Å². The maximum absolute atomic E-state index is 13.4. The van der Waals surface area contributed by atoms with E-state index in [1.54, 1.807) is 26.0 Å². The van der Waals surface area contributed by atoms with Crippen LogP contribution in [0.2, 0.25) is 5.02 Å². The van der Waals surface area contributed by atoms with E-state index in [0.29, 0.717) is 28.8 Å². The number of hydrogen-bond acceptors (Lipinski definition) is 5. The van der Waals surface area contributed by atoms with Crippen molar-refractivity contribution in [1.29, 1.82) is 0 Å². The molecule has 3 rings (SSSR count). The van der Waals surface area contributed by atoms with Crippen molar-refractivity contribution >= 4 is 28.7 Å². The van der Waals surface area contributed by atoms with Gasteiger partial charge in [-0.15, -0.1) is 0 Å². The number of H-pyrrole nitrogens is 1. The smallest absolute Gasteiger partial charge is 0.323 e. The van der Waals surface area contributed by atoms with E-state index in [1.165, 1.54) is 12.1 Å². The maximum atomic E-state index is 13.4. The van der Waals surface area contributed by atoms with E-state index in [4.69, 9.17) is 17.3 Å². The van der Waals surface area contributed by atoms with Gasteiger partial charge < -0.3 is 20.9 Å². The molecule has 3 aromatic rings. The Balaban J connectivity index is 2.21. The van der Waals surface area contributed by atoms with Crippen LogP contribution in [0.5, 0.6) is 6.01 Å². The number of rotatable bonds is 7. The van der Waals surface area contributed by atoms with Gasteiger partial charge in [-0.1, -0.05) is 44.5 Å². The molecule has 2 aromatic heterocycles. The summed E-state index contributed by atoms with van der Waals surface area (Å²) in [7, 11) is 0. The number of carboxylic acid groups (broad SMARTS) is 1. The Bertz CT molecular complexity index is 1080. The van der Waals surface area contributed by atoms with E-state index in [1.807, 2.05) is 6.92 Å². The summed E-state index contributed by atoms with van der Waals surface area (Å²) in [4.78, 5) is 23.2. The van der Waals surface area contributed by atoms with E-state index in [9.17, 15) is 19.4 Å². The van der Waals surface area contributed by atoms with Crippen molar-refractivity contribution in [3.8, 4) is 17.1 Å². The van der Waals surface area contributed by atoms with Crippen LogP contribution in [0.1, 0.15) is 45.2 Å². The molecule has 0 saturated carbocycles. The fourth-order valence-electron chi connectivity index (χ4n) is 3.58. The van der Waals surface area contributed by atoms with Crippen molar-refractivity contribution in [1.82, 2.24) is 15.0 Å². The number of pyridine rings is 1. The number of nitrogens with one attached hydrogen (secondary N) is 1. The van der Waals surface area contributed by atoms with E-state index in [-0.39, 0.29) is 34.9 Å². The van der Waals surface area contributed by atoms with Crippen molar-refractivity contribution in [2.24, 2.45) is 11.7 Å². The first-order chi connectivity index (χ1) is 14.1. The van der Waals surface area contributed by atoms with Crippen LogP contribution in [0.15, 0.2) is 24.3 Å². The first kappa shape index (κ1) is 22.0. The van der Waals surface area contributed by atoms with E-state index in [0.717, 1.165) is 0 Å². The highest BCUT2D eigenvalue weighted by atomic mass is 35.5. The largest absolute Gasteiger partial charge is 0.480 e. The molecule has 9 heteroatoms. The summed E-state index contributed by atoms with van der Waals surface area (Å²) in [6.07, 6.45) is 0.657. The number of aromatic amines is 1. The van der Waals surface area contributed by atoms with Gasteiger partial charge in [0, 0.05) is 11.5 Å². The zero-order chi connectivity index (χ0) is 22.2. The molecular weight excluding hydrogens is 411 g/mol. The highest BCUT2D eigenvalue weighted by molar-refractivity contribution is 6.35. The molecule has 7 nitrogen and oxygen atoms in total. The average Bonchev–Trinajstić information content (AvgIpc) is 3.06. The molecule has 30 heavy (non-hydrogen) atoms. The lowest BCUT2D eigenvalue weighted by molar-refractivity contribution is -0.145. The van der Waals surface area contributed by atoms with Gasteiger partial charge in [-0.3, -0.25) is 4.79 Å². The van der Waals surface area contributed by atoms with E-state index >= 15 is 0 Å². The van der Waals surface area contributed by atoms with Crippen LogP contribution in [0, 0.1) is 11.7 Å². The number of fused-ring (bicyclic) bond motifs is 1. The minimum atomic E-state index is -1.47. The van der Waals surface area contributed by atoms with Crippen LogP contribution in [-0.4, -0.2) is 36.7 Å². The molecule has 160 valence electrons. The third kappa shape index (κ3) is 3.85. The predicted octanol–water partition coefficient (Wildman–Crippen LogP) is 4.44. The summed E-state index contributed by atoms with van der Waals surface area (Å²) >= 11 is 6.76. The van der Waals surface area contributed by atoms with Crippen LogP contribution >= 0.6 is 11.6 Å². The van der Waals surface area contributed by atoms with Crippen molar-refractivity contribution in [3.63, 3.8) is 0 Å². The minimum Gasteiger partial charge on any atom is -0.480 e. The molecule has 2 atom stereocenters. The van der Waals surface area contributed by atoms with Gasteiger partial charge in [-0.05, 0) is 36.5 Å². The summed E-state index contributed by atoms with van der Waals surface area (Å²) in [5, 5.41) is 19.9. The average molecular weight is 435 g/mol. The summed E-state index contributed by atoms with van der Waals surface area (Å²) in [6, 6.07) is 5.41. The summed E-state index contributed by atoms with van der Waals surface area (Å²) in [6.45, 7) is 5.42. The third-order valence-electron chi connectivity index (χ3n) is 5.62. The number of aromatic nitrogens is 3. The standard InChI is InChI=1S/C21H24ClFN4O3/c1-4-11(9-21(24,10(2)3)19(28)29)16-15(22)14(12-5-7-13(23)8-6-12)17-18(25-16)27-20(30)26-17/h5-8,10-11H,4,9,24H2,1-3H3,(H,28,29)(H2,25,26,27,30)/t11-,21?/m0/s1. The van der Waals surface area contributed by atoms with Gasteiger partial charge in [0.2, 0.25) is 0 Å². The number of nitrogens with zero attached hydrogens (tertiary/aromatic N) is 2. The fourth-order valence-corrected chi connectivity index (χ4v) is 3.98. The Morgan fingerprint density at radius 2 is 1.93 bits per heavy atom. The zero-order valence-corrected chi connectivity index (χ0v) is 17.7. The summed E-state index contributed by atoms with van der Waals surface area (Å²) in [5.74, 6) is -2.18. The topological polar surface area (TPSA) is 125 Å². The first-order valence-electron chi connectivity index (χ1n) is 9.64. The second kappa shape index (κ2) is 8.20. The normalized spacial score (nSPS) is 14.8. The number of aromatic hydroxyl groups is 1. The van der Waals surface area contributed by atoms with Crippen molar-refractivity contribution in [3.05, 3.63) is 40.8 Å². The van der Waals surface area contributed by atoms with Crippen LogP contribution in [0.4, 0.5) is 4.39 Å². The molecular formula is C21H24ClFN4O3. The SMILES string of the molecule is CC[C@@H](CC(N)(C(=O)O)C(C)C)c1nc2nc(O)[nH]c2c(-c2ccc(F)cc2)c1Cl. The predicted molar refractivity (Wildman–Crippen MR) is 113 cm³/mol. The Kier molecular flexibility index (Phi) is 6.01. The Hall–Kier alpha value is -2.71. The van der Waals surface area contributed by atoms with Crippen LogP contribution in [0.3, 0.4) is 0 Å². The number of nitrogens with two attached hydrogens (primary N) is 1. The molecule has 1 unspecified atom stereocenters. The zero-order valence-electron chi connectivity index (χ0n) is 16.9. The number of imidazole rings is 1. The monoisotopic (exact) mass is 434 g/mol. The van der Waals surface area contributed by atoms with Gasteiger partial charge in [-0.25, -0.2) is 9.37 Å². The number of aliphatic carboxylic acids is 1. The van der Waals surface area contributed by atoms with Crippen molar-refractivity contribution in [2.75, 3.05) is 0 Å². The molecule has 0 aliphatic rings. The molecule has 2 heterocycles. The molecule has 1 aromatic carbocycles. The lowest BCUT2D eigenvalue weighted by Crippen LogP contribution is -2.53. The number of hydrogen-bond donors (Lipinski definition) is 4. The molecule has 0 radical (unpaired) electrons. The van der Waals surface area contributed by atoms with Crippen LogP contribution in [-0.2, 0) is 4.79 Å². The Morgan fingerprint density at radius 1 is 1.30 bits per heavy atom. The Morgan fingerprint density at radius 3 is 2.47 bits per heavy atom. The molecule has 0 bridgehead atoms. The number of carboxylic acids is 1. The molecule has 0 aliphatic heterocycles. The lowest BCUT2D eigenvalue weighted by Gasteiger charge is -2.32. The first-order valence-corrected chi connectivity index (χ1v) is 10.0. The third-order valence-corrected chi connectivity index (χ3v) is 6.00. The van der Waals surface area contributed by atoms with Crippen LogP contribution < -0.4 is 5.73 Å². The van der Waals surface area contributed by atoms with Gasteiger partial charge in [0.1, 0.15) is 11.4 Å². The Labute approximate surface area is 178 Å².